The minimum absolute atomic E-state index is 0.681. The number of rotatable bonds is 5. The monoisotopic (exact) mass is 416 g/mol. The van der Waals surface area contributed by atoms with Crippen LogP contribution in [0.5, 0.6) is 5.75 Å². The number of hydrogen-bond donors (Lipinski definition) is 1. The molecule has 0 saturated heterocycles. The zero-order valence-corrected chi connectivity index (χ0v) is 15.6. The van der Waals surface area contributed by atoms with Crippen LogP contribution >= 0.6 is 31.9 Å². The van der Waals surface area contributed by atoms with Crippen molar-refractivity contribution in [2.24, 2.45) is 7.05 Å². The van der Waals surface area contributed by atoms with E-state index in [1.807, 2.05) is 44.4 Å². The van der Waals surface area contributed by atoms with Gasteiger partial charge in [0, 0.05) is 31.7 Å². The number of ether oxygens (including phenoxy) is 1. The normalized spacial score (nSPS) is 10.6. The summed E-state index contributed by atoms with van der Waals surface area (Å²) in [6, 6.07) is 3.92. The lowest BCUT2D eigenvalue weighted by Crippen LogP contribution is -2.15. The molecule has 1 heterocycles. The van der Waals surface area contributed by atoms with Crippen LogP contribution in [0.4, 0.5) is 11.6 Å². The van der Waals surface area contributed by atoms with E-state index in [4.69, 9.17) is 4.74 Å². The molecule has 114 valence electrons. The van der Waals surface area contributed by atoms with Gasteiger partial charge in [0.1, 0.15) is 5.75 Å². The van der Waals surface area contributed by atoms with E-state index in [-0.39, 0.29) is 0 Å². The summed E-state index contributed by atoms with van der Waals surface area (Å²) in [5, 5.41) is 3.40. The number of anilines is 2. The van der Waals surface area contributed by atoms with Crippen molar-refractivity contribution in [3.63, 3.8) is 0 Å². The smallest absolute Gasteiger partial charge is 0.204 e. The summed E-state index contributed by atoms with van der Waals surface area (Å²) >= 11 is 7.02. The highest BCUT2D eigenvalue weighted by atomic mass is 79.9. The van der Waals surface area contributed by atoms with Crippen LogP contribution in [0.3, 0.4) is 0 Å². The third kappa shape index (κ3) is 3.52. The summed E-state index contributed by atoms with van der Waals surface area (Å²) in [6.07, 6.45) is 1.88. The largest absolute Gasteiger partial charge is 0.495 e. The fourth-order valence-electron chi connectivity index (χ4n) is 2.02. The molecule has 5 nitrogen and oxygen atoms in total. The number of hydrogen-bond acceptors (Lipinski definition) is 4. The summed E-state index contributed by atoms with van der Waals surface area (Å²) in [5.41, 5.74) is 2.08. The number of methoxy groups -OCH3 is 1. The maximum Gasteiger partial charge on any atom is 0.204 e. The van der Waals surface area contributed by atoms with Crippen LogP contribution in [-0.2, 0) is 13.6 Å². The molecule has 0 atom stereocenters. The first-order valence-electron chi connectivity index (χ1n) is 6.39. The van der Waals surface area contributed by atoms with E-state index >= 15 is 0 Å². The molecule has 0 radical (unpaired) electrons. The van der Waals surface area contributed by atoms with Crippen LogP contribution in [0, 0.1) is 0 Å². The van der Waals surface area contributed by atoms with E-state index in [1.165, 1.54) is 0 Å². The van der Waals surface area contributed by atoms with Crippen molar-refractivity contribution in [1.29, 1.82) is 0 Å². The van der Waals surface area contributed by atoms with Gasteiger partial charge >= 0.3 is 0 Å². The van der Waals surface area contributed by atoms with Crippen molar-refractivity contribution < 1.29 is 4.74 Å². The van der Waals surface area contributed by atoms with Crippen LogP contribution < -0.4 is 15.0 Å². The number of nitrogens with one attached hydrogen (secondary N) is 1. The molecule has 0 fully saturated rings. The fraction of sp³-hybridized carbons (Fsp3) is 0.357. The first kappa shape index (κ1) is 16.2. The van der Waals surface area contributed by atoms with Gasteiger partial charge in [-0.15, -0.1) is 0 Å². The Morgan fingerprint density at radius 2 is 2.00 bits per heavy atom. The van der Waals surface area contributed by atoms with Gasteiger partial charge in [-0.1, -0.05) is 0 Å². The Balaban J connectivity index is 2.17. The Kier molecular flexibility index (Phi) is 5.16. The highest BCUT2D eigenvalue weighted by Gasteiger charge is 2.10. The lowest BCUT2D eigenvalue weighted by Gasteiger charge is -2.14. The maximum atomic E-state index is 5.32. The predicted octanol–water partition coefficient (Wildman–Crippen LogP) is 3.63. The average molecular weight is 418 g/mol. The molecule has 1 aromatic carbocycles. The highest BCUT2D eigenvalue weighted by molar-refractivity contribution is 9.11. The molecule has 0 saturated carbocycles. The highest BCUT2D eigenvalue weighted by Crippen LogP contribution is 2.34. The van der Waals surface area contributed by atoms with Gasteiger partial charge in [-0.05, 0) is 37.9 Å². The third-order valence-electron chi connectivity index (χ3n) is 3.16. The van der Waals surface area contributed by atoms with Crippen molar-refractivity contribution in [2.75, 3.05) is 31.4 Å². The minimum atomic E-state index is 0.681. The summed E-state index contributed by atoms with van der Waals surface area (Å²) in [7, 11) is 7.63. The minimum Gasteiger partial charge on any atom is -0.495 e. The Hall–Kier alpha value is -1.21. The molecule has 21 heavy (non-hydrogen) atoms. The molecular weight excluding hydrogens is 400 g/mol. The SMILES string of the molecule is COc1cc(NCc2cnc(N(C)C)n2C)c(Br)cc1Br. The van der Waals surface area contributed by atoms with Crippen LogP contribution in [0.15, 0.2) is 27.3 Å². The summed E-state index contributed by atoms with van der Waals surface area (Å²) in [5.74, 6) is 1.72. The molecule has 0 amide bonds. The molecule has 0 unspecified atom stereocenters. The molecule has 2 rings (SSSR count). The molecule has 1 aromatic heterocycles. The van der Waals surface area contributed by atoms with Gasteiger partial charge in [-0.2, -0.15) is 0 Å². The maximum absolute atomic E-state index is 5.32. The van der Waals surface area contributed by atoms with Crippen LogP contribution in [-0.4, -0.2) is 30.8 Å². The second kappa shape index (κ2) is 6.70. The quantitative estimate of drug-likeness (QED) is 0.806. The Morgan fingerprint density at radius 1 is 1.29 bits per heavy atom. The molecular formula is C14H18Br2N4O. The summed E-state index contributed by atoms with van der Waals surface area (Å²) < 4.78 is 9.28. The molecule has 0 bridgehead atoms. The van der Waals surface area contributed by atoms with Crippen molar-refractivity contribution in [1.82, 2.24) is 9.55 Å². The second-order valence-electron chi connectivity index (χ2n) is 4.82. The van der Waals surface area contributed by atoms with Crippen LogP contribution in [0.2, 0.25) is 0 Å². The Labute approximate surface area is 141 Å². The topological polar surface area (TPSA) is 42.3 Å². The number of benzene rings is 1. The van der Waals surface area contributed by atoms with Gasteiger partial charge in [0.05, 0.1) is 35.7 Å². The van der Waals surface area contributed by atoms with Gasteiger partial charge in [0.15, 0.2) is 0 Å². The molecule has 0 spiro atoms. The van der Waals surface area contributed by atoms with Crippen molar-refractivity contribution in [3.05, 3.63) is 33.0 Å². The van der Waals surface area contributed by atoms with Crippen LogP contribution in [0.1, 0.15) is 5.69 Å². The first-order valence-corrected chi connectivity index (χ1v) is 7.97. The standard InChI is InChI=1S/C14H18Br2N4O/c1-19(2)14-18-8-9(20(14)3)7-17-12-6-13(21-4)11(16)5-10(12)15/h5-6,8,17H,7H2,1-4H3. The van der Waals surface area contributed by atoms with Gasteiger partial charge in [0.2, 0.25) is 5.95 Å². The van der Waals surface area contributed by atoms with Crippen molar-refractivity contribution in [3.8, 4) is 5.75 Å². The van der Waals surface area contributed by atoms with Crippen LogP contribution in [0.25, 0.3) is 0 Å². The molecule has 0 aliphatic rings. The number of halogens is 2. The Bertz CT molecular complexity index is 640. The lowest BCUT2D eigenvalue weighted by atomic mass is 10.3. The fourth-order valence-corrected chi connectivity index (χ4v) is 3.32. The Morgan fingerprint density at radius 3 is 2.57 bits per heavy atom. The van der Waals surface area contributed by atoms with E-state index in [0.717, 1.165) is 32.0 Å². The van der Waals surface area contributed by atoms with E-state index in [0.29, 0.717) is 6.54 Å². The van der Waals surface area contributed by atoms with Crippen molar-refractivity contribution >= 4 is 43.5 Å². The lowest BCUT2D eigenvalue weighted by molar-refractivity contribution is 0.412. The number of aromatic nitrogens is 2. The summed E-state index contributed by atoms with van der Waals surface area (Å²) in [6.45, 7) is 0.681. The number of imidazole rings is 1. The van der Waals surface area contributed by atoms with E-state index in [1.54, 1.807) is 7.11 Å². The average Bonchev–Trinajstić information content (AvgIpc) is 2.79. The van der Waals surface area contributed by atoms with Gasteiger partial charge < -0.3 is 19.5 Å². The zero-order chi connectivity index (χ0) is 15.6. The van der Waals surface area contributed by atoms with Crippen molar-refractivity contribution in [2.45, 2.75) is 6.54 Å². The molecule has 0 aliphatic carbocycles. The van der Waals surface area contributed by atoms with E-state index in [9.17, 15) is 0 Å². The molecule has 7 heteroatoms. The second-order valence-corrected chi connectivity index (χ2v) is 6.53. The van der Waals surface area contributed by atoms with Gasteiger partial charge in [-0.3, -0.25) is 0 Å². The third-order valence-corrected chi connectivity index (χ3v) is 4.44. The summed E-state index contributed by atoms with van der Waals surface area (Å²) in [4.78, 5) is 6.39. The molecule has 0 aliphatic heterocycles. The predicted molar refractivity (Wildman–Crippen MR) is 93.3 cm³/mol. The van der Waals surface area contributed by atoms with Gasteiger partial charge in [-0.25, -0.2) is 4.98 Å². The molecule has 1 N–H and O–H groups in total. The van der Waals surface area contributed by atoms with Gasteiger partial charge in [0.25, 0.3) is 0 Å². The molecule has 2 aromatic rings. The van der Waals surface area contributed by atoms with E-state index < -0.39 is 0 Å². The number of nitrogens with zero attached hydrogens (tertiary/aromatic N) is 3. The van der Waals surface area contributed by atoms with E-state index in [2.05, 4.69) is 46.7 Å². The first-order chi connectivity index (χ1) is 9.93. The zero-order valence-electron chi connectivity index (χ0n) is 12.4.